The van der Waals surface area contributed by atoms with Gasteiger partial charge in [0.05, 0.1) is 24.8 Å². The van der Waals surface area contributed by atoms with Gasteiger partial charge in [0, 0.05) is 43.5 Å². The normalized spacial score (nSPS) is 17.1. The van der Waals surface area contributed by atoms with Gasteiger partial charge in [-0.3, -0.25) is 14.9 Å². The smallest absolute Gasteiger partial charge is 0.274 e. The van der Waals surface area contributed by atoms with Crippen LogP contribution in [0.5, 0.6) is 5.75 Å². The number of carbonyl (C=O) groups is 2. The van der Waals surface area contributed by atoms with E-state index >= 15 is 0 Å². The highest BCUT2D eigenvalue weighted by molar-refractivity contribution is 7.14. The Balaban J connectivity index is 1.08. The van der Waals surface area contributed by atoms with Gasteiger partial charge in [-0.1, -0.05) is 0 Å². The minimum Gasteiger partial charge on any atom is -0.487 e. The number of likely N-dealkylation sites (tertiary alicyclic amines) is 1. The van der Waals surface area contributed by atoms with Gasteiger partial charge in [0.2, 0.25) is 11.9 Å². The monoisotopic (exact) mass is 560 g/mol. The number of rotatable bonds is 8. The number of amides is 2. The van der Waals surface area contributed by atoms with E-state index in [0.717, 1.165) is 42.1 Å². The molecule has 206 valence electrons. The van der Waals surface area contributed by atoms with Crippen molar-refractivity contribution in [2.45, 2.75) is 38.5 Å². The number of hydrogen-bond donors (Lipinski definition) is 1. The van der Waals surface area contributed by atoms with Gasteiger partial charge in [-0.15, -0.1) is 11.3 Å². The zero-order chi connectivity index (χ0) is 27.6. The molecule has 1 unspecified atom stereocenters. The molecule has 11 heteroatoms. The fraction of sp³-hybridized carbons (Fsp3) is 0.310. The lowest BCUT2D eigenvalue weighted by atomic mass is 10.1. The second-order valence-electron chi connectivity index (χ2n) is 10.0. The number of carbonyl (C=O) groups excluding carboxylic acids is 2. The van der Waals surface area contributed by atoms with Gasteiger partial charge in [0.15, 0.2) is 5.13 Å². The zero-order valence-corrected chi connectivity index (χ0v) is 22.8. The Morgan fingerprint density at radius 1 is 1.18 bits per heavy atom. The molecule has 0 spiro atoms. The van der Waals surface area contributed by atoms with Crippen LogP contribution in [0.25, 0.3) is 0 Å². The maximum Gasteiger partial charge on any atom is 0.274 e. The van der Waals surface area contributed by atoms with Gasteiger partial charge >= 0.3 is 0 Å². The van der Waals surface area contributed by atoms with E-state index in [1.165, 1.54) is 23.6 Å². The van der Waals surface area contributed by atoms with Crippen LogP contribution in [0.15, 0.2) is 66.3 Å². The van der Waals surface area contributed by atoms with Crippen LogP contribution in [0.2, 0.25) is 0 Å². The van der Waals surface area contributed by atoms with E-state index in [4.69, 9.17) is 9.72 Å². The lowest BCUT2D eigenvalue weighted by Gasteiger charge is -2.38. The number of ether oxygens (including phenoxy) is 1. The summed E-state index contributed by atoms with van der Waals surface area (Å²) in [6.45, 7) is 4.11. The molecular weight excluding hydrogens is 531 g/mol. The third kappa shape index (κ3) is 5.55. The molecule has 2 fully saturated rings. The predicted octanol–water partition coefficient (Wildman–Crippen LogP) is 4.73. The number of thiazole rings is 1. The summed E-state index contributed by atoms with van der Waals surface area (Å²) in [5, 5.41) is 5.48. The van der Waals surface area contributed by atoms with Gasteiger partial charge in [0.25, 0.3) is 5.91 Å². The molecule has 2 aliphatic heterocycles. The molecule has 5 heterocycles. The molecule has 1 atom stereocenters. The summed E-state index contributed by atoms with van der Waals surface area (Å²) in [4.78, 5) is 36.9. The Morgan fingerprint density at radius 3 is 2.77 bits per heavy atom. The molecule has 0 radical (unpaired) electrons. The van der Waals surface area contributed by atoms with Crippen molar-refractivity contribution in [2.24, 2.45) is 0 Å². The van der Waals surface area contributed by atoms with Gasteiger partial charge in [-0.2, -0.15) is 4.39 Å². The summed E-state index contributed by atoms with van der Waals surface area (Å²) in [6.07, 6.45) is 5.27. The van der Waals surface area contributed by atoms with Gasteiger partial charge in [-0.05, 0) is 66.9 Å². The molecule has 2 amide bonds. The Hall–Kier alpha value is -4.25. The van der Waals surface area contributed by atoms with Crippen LogP contribution in [0.4, 0.5) is 15.2 Å². The van der Waals surface area contributed by atoms with E-state index in [9.17, 15) is 14.0 Å². The van der Waals surface area contributed by atoms with Gasteiger partial charge in [-0.25, -0.2) is 9.97 Å². The minimum atomic E-state index is -0.549. The van der Waals surface area contributed by atoms with Crippen molar-refractivity contribution >= 4 is 34.0 Å². The molecule has 9 nitrogen and oxygen atoms in total. The maximum absolute atomic E-state index is 13.5. The fourth-order valence-electron chi connectivity index (χ4n) is 5.22. The molecule has 1 N–H and O–H groups in total. The first-order valence-corrected chi connectivity index (χ1v) is 14.1. The van der Waals surface area contributed by atoms with Crippen LogP contribution >= 0.6 is 11.3 Å². The SMILES string of the molecule is CC(=O)N1CC(Oc2ccc(N3CCCC3c3csc(NC(=O)c4cccn4Cc4ccnc(F)c4)n3)cc2)C1. The number of nitrogens with zero attached hydrogens (tertiary/aromatic N) is 5. The van der Waals surface area contributed by atoms with Crippen molar-refractivity contribution in [1.82, 2.24) is 19.4 Å². The lowest BCUT2D eigenvalue weighted by molar-refractivity contribution is -0.137. The molecule has 0 bridgehead atoms. The van der Waals surface area contributed by atoms with Crippen LogP contribution in [0.3, 0.4) is 0 Å². The first kappa shape index (κ1) is 26.0. The molecule has 3 aromatic heterocycles. The van der Waals surface area contributed by atoms with Crippen molar-refractivity contribution < 1.29 is 18.7 Å². The van der Waals surface area contributed by atoms with Crippen LogP contribution in [0, 0.1) is 5.95 Å². The Bertz CT molecular complexity index is 1510. The number of aromatic nitrogens is 3. The van der Waals surface area contributed by atoms with E-state index < -0.39 is 5.95 Å². The molecule has 1 aromatic carbocycles. The molecule has 0 aliphatic carbocycles. The van der Waals surface area contributed by atoms with E-state index in [1.807, 2.05) is 17.5 Å². The Morgan fingerprint density at radius 2 is 2.00 bits per heavy atom. The lowest BCUT2D eigenvalue weighted by Crippen LogP contribution is -2.55. The fourth-order valence-corrected chi connectivity index (χ4v) is 5.97. The molecule has 40 heavy (non-hydrogen) atoms. The number of hydrogen-bond acceptors (Lipinski definition) is 7. The first-order chi connectivity index (χ1) is 19.4. The number of halogens is 1. The van der Waals surface area contributed by atoms with Crippen LogP contribution in [0.1, 0.15) is 47.6 Å². The largest absolute Gasteiger partial charge is 0.487 e. The van der Waals surface area contributed by atoms with Crippen LogP contribution in [-0.4, -0.2) is 57.0 Å². The highest BCUT2D eigenvalue weighted by Gasteiger charge is 2.31. The highest BCUT2D eigenvalue weighted by atomic mass is 32.1. The van der Waals surface area contributed by atoms with E-state index in [0.29, 0.717) is 30.5 Å². The summed E-state index contributed by atoms with van der Waals surface area (Å²) in [7, 11) is 0. The first-order valence-electron chi connectivity index (χ1n) is 13.2. The molecule has 2 saturated heterocycles. The number of benzene rings is 1. The summed E-state index contributed by atoms with van der Waals surface area (Å²) in [5.41, 5.74) is 3.21. The van der Waals surface area contributed by atoms with Crippen LogP contribution in [-0.2, 0) is 11.3 Å². The second kappa shape index (κ2) is 11.1. The Labute approximate surface area is 235 Å². The average Bonchev–Trinajstić information content (AvgIpc) is 3.67. The van der Waals surface area contributed by atoms with E-state index in [-0.39, 0.29) is 24.0 Å². The topological polar surface area (TPSA) is 92.6 Å². The quantitative estimate of drug-likeness (QED) is 0.313. The maximum atomic E-state index is 13.5. The van der Waals surface area contributed by atoms with Crippen molar-refractivity contribution in [3.8, 4) is 5.75 Å². The average molecular weight is 561 g/mol. The predicted molar refractivity (Wildman–Crippen MR) is 150 cm³/mol. The molecule has 6 rings (SSSR count). The number of nitrogens with one attached hydrogen (secondary N) is 1. The summed E-state index contributed by atoms with van der Waals surface area (Å²) in [6, 6.07) is 14.8. The molecule has 0 saturated carbocycles. The van der Waals surface area contributed by atoms with Gasteiger partial charge in [0.1, 0.15) is 17.5 Å². The summed E-state index contributed by atoms with van der Waals surface area (Å²) >= 11 is 1.41. The molecular formula is C29H29FN6O3S. The van der Waals surface area contributed by atoms with E-state index in [2.05, 4.69) is 27.3 Å². The summed E-state index contributed by atoms with van der Waals surface area (Å²) in [5.74, 6) is 0.0582. The number of pyridine rings is 1. The zero-order valence-electron chi connectivity index (χ0n) is 22.0. The van der Waals surface area contributed by atoms with E-state index in [1.54, 1.807) is 40.8 Å². The van der Waals surface area contributed by atoms with Crippen molar-refractivity contribution in [3.05, 3.63) is 89.2 Å². The third-order valence-corrected chi connectivity index (χ3v) is 8.08. The summed E-state index contributed by atoms with van der Waals surface area (Å²) < 4.78 is 21.3. The van der Waals surface area contributed by atoms with Crippen molar-refractivity contribution in [2.75, 3.05) is 29.9 Å². The minimum absolute atomic E-state index is 0.0411. The van der Waals surface area contributed by atoms with Crippen LogP contribution < -0.4 is 15.0 Å². The second-order valence-corrected chi connectivity index (χ2v) is 10.9. The van der Waals surface area contributed by atoms with Gasteiger partial charge < -0.3 is 19.1 Å². The third-order valence-electron chi connectivity index (χ3n) is 7.31. The van der Waals surface area contributed by atoms with Crippen molar-refractivity contribution in [3.63, 3.8) is 0 Å². The van der Waals surface area contributed by atoms with Crippen molar-refractivity contribution in [1.29, 1.82) is 0 Å². The molecule has 4 aromatic rings. The highest BCUT2D eigenvalue weighted by Crippen LogP contribution is 2.38. The standard InChI is InChI=1S/C29H29FN6O3S/c1-19(37)35-16-23(17-35)39-22-8-6-21(7-9-22)36-13-3-4-25(36)24-18-40-29(32-24)33-28(38)26-5-2-12-34(26)15-20-10-11-31-27(30)14-20/h2,5-12,14,18,23,25H,3-4,13,15-17H2,1H3,(H,32,33,38). The number of anilines is 2. The Kier molecular flexibility index (Phi) is 7.21. The molecule has 2 aliphatic rings.